The van der Waals surface area contributed by atoms with E-state index in [4.69, 9.17) is 4.74 Å². The number of rotatable bonds is 7. The highest BCUT2D eigenvalue weighted by molar-refractivity contribution is 5.12. The molecule has 0 radical (unpaired) electrons. The molecule has 1 aliphatic carbocycles. The summed E-state index contributed by atoms with van der Waals surface area (Å²) < 4.78 is 6.14. The predicted octanol–water partition coefficient (Wildman–Crippen LogP) is 3.60. The first-order valence-electron chi connectivity index (χ1n) is 7.58. The minimum atomic E-state index is 0.340. The molecule has 1 heterocycles. The van der Waals surface area contributed by atoms with Gasteiger partial charge in [0.25, 0.3) is 0 Å². The Morgan fingerprint density at radius 3 is 2.85 bits per heavy atom. The second-order valence-corrected chi connectivity index (χ2v) is 5.64. The SMILES string of the molecule is CCCC(OCN1C=CN(C)/C1=C/N=O)C1CCCC1. The van der Waals surface area contributed by atoms with Gasteiger partial charge in [-0.25, -0.2) is 0 Å². The molecule has 0 aromatic heterocycles. The van der Waals surface area contributed by atoms with Crippen LogP contribution in [-0.2, 0) is 4.74 Å². The van der Waals surface area contributed by atoms with Gasteiger partial charge in [-0.3, -0.25) is 0 Å². The molecule has 1 unspecified atom stereocenters. The minimum Gasteiger partial charge on any atom is -0.357 e. The second kappa shape index (κ2) is 7.43. The monoisotopic (exact) mass is 279 g/mol. The molecule has 0 N–H and O–H groups in total. The van der Waals surface area contributed by atoms with Crippen molar-refractivity contribution in [2.75, 3.05) is 13.8 Å². The first-order chi connectivity index (χ1) is 9.76. The molecule has 1 saturated carbocycles. The first kappa shape index (κ1) is 15.0. The number of nitrogens with zero attached hydrogens (tertiary/aromatic N) is 3. The highest BCUT2D eigenvalue weighted by atomic mass is 16.5. The normalized spacial score (nSPS) is 23.0. The molecule has 0 aromatic carbocycles. The van der Waals surface area contributed by atoms with Gasteiger partial charge in [-0.1, -0.05) is 26.2 Å². The maximum Gasteiger partial charge on any atom is 0.136 e. The minimum absolute atomic E-state index is 0.340. The Morgan fingerprint density at radius 2 is 2.20 bits per heavy atom. The molecule has 20 heavy (non-hydrogen) atoms. The van der Waals surface area contributed by atoms with Crippen molar-refractivity contribution in [2.24, 2.45) is 11.1 Å². The van der Waals surface area contributed by atoms with Gasteiger partial charge in [-0.2, -0.15) is 0 Å². The van der Waals surface area contributed by atoms with Gasteiger partial charge >= 0.3 is 0 Å². The Kier molecular flexibility index (Phi) is 5.59. The van der Waals surface area contributed by atoms with E-state index < -0.39 is 0 Å². The fourth-order valence-electron chi connectivity index (χ4n) is 3.10. The summed E-state index contributed by atoms with van der Waals surface area (Å²) in [5.41, 5.74) is 0. The van der Waals surface area contributed by atoms with Gasteiger partial charge in [-0.15, -0.1) is 4.91 Å². The third-order valence-corrected chi connectivity index (χ3v) is 4.22. The van der Waals surface area contributed by atoms with E-state index >= 15 is 0 Å². The van der Waals surface area contributed by atoms with Gasteiger partial charge in [0.15, 0.2) is 0 Å². The van der Waals surface area contributed by atoms with Gasteiger partial charge in [0.05, 0.1) is 6.10 Å². The lowest BCUT2D eigenvalue weighted by Crippen LogP contribution is -2.29. The third kappa shape index (κ3) is 3.60. The molecule has 2 aliphatic rings. The van der Waals surface area contributed by atoms with E-state index in [1.807, 2.05) is 29.2 Å². The van der Waals surface area contributed by atoms with E-state index in [0.717, 1.165) is 18.7 Å². The highest BCUT2D eigenvalue weighted by Gasteiger charge is 2.26. The van der Waals surface area contributed by atoms with Gasteiger partial charge in [0.1, 0.15) is 18.8 Å². The van der Waals surface area contributed by atoms with Crippen molar-refractivity contribution < 1.29 is 4.74 Å². The van der Waals surface area contributed by atoms with Gasteiger partial charge in [0.2, 0.25) is 0 Å². The van der Waals surface area contributed by atoms with Crippen molar-refractivity contribution >= 4 is 0 Å². The summed E-state index contributed by atoms with van der Waals surface area (Å²) in [4.78, 5) is 14.3. The molecule has 2 rings (SSSR count). The Labute approximate surface area is 121 Å². The molecule has 0 bridgehead atoms. The summed E-state index contributed by atoms with van der Waals surface area (Å²) in [6.45, 7) is 2.69. The fourth-order valence-corrected chi connectivity index (χ4v) is 3.10. The maximum atomic E-state index is 10.5. The Balaban J connectivity index is 1.90. The molecule has 0 saturated heterocycles. The topological polar surface area (TPSA) is 45.1 Å². The number of nitroso groups, excluding NO2 is 1. The van der Waals surface area contributed by atoms with Crippen molar-refractivity contribution in [2.45, 2.75) is 51.6 Å². The van der Waals surface area contributed by atoms with Gasteiger partial charge < -0.3 is 14.5 Å². The summed E-state index contributed by atoms with van der Waals surface area (Å²) in [5, 5.41) is 2.87. The zero-order chi connectivity index (χ0) is 14.4. The van der Waals surface area contributed by atoms with Crippen LogP contribution >= 0.6 is 0 Å². The Bertz CT molecular complexity index is 375. The smallest absolute Gasteiger partial charge is 0.136 e. The van der Waals surface area contributed by atoms with Crippen LogP contribution in [0.4, 0.5) is 0 Å². The predicted molar refractivity (Wildman–Crippen MR) is 79.2 cm³/mol. The molecule has 1 aliphatic heterocycles. The summed E-state index contributed by atoms with van der Waals surface area (Å²) >= 11 is 0. The van der Waals surface area contributed by atoms with Crippen molar-refractivity contribution in [1.82, 2.24) is 9.80 Å². The molecule has 0 spiro atoms. The lowest BCUT2D eigenvalue weighted by atomic mass is 9.97. The van der Waals surface area contributed by atoms with Gasteiger partial charge in [-0.05, 0) is 30.4 Å². The average Bonchev–Trinajstić information content (AvgIpc) is 3.07. The van der Waals surface area contributed by atoms with Crippen molar-refractivity contribution in [3.05, 3.63) is 29.3 Å². The van der Waals surface area contributed by atoms with Crippen LogP contribution in [0.15, 0.2) is 29.6 Å². The largest absolute Gasteiger partial charge is 0.357 e. The molecule has 1 atom stereocenters. The Morgan fingerprint density at radius 1 is 1.45 bits per heavy atom. The van der Waals surface area contributed by atoms with Crippen LogP contribution in [-0.4, -0.2) is 29.7 Å². The van der Waals surface area contributed by atoms with E-state index in [1.165, 1.54) is 31.9 Å². The summed E-state index contributed by atoms with van der Waals surface area (Å²) in [5.74, 6) is 1.47. The molecule has 1 fully saturated rings. The quantitative estimate of drug-likeness (QED) is 0.668. The zero-order valence-corrected chi connectivity index (χ0v) is 12.5. The fraction of sp³-hybridized carbons (Fsp3) is 0.733. The van der Waals surface area contributed by atoms with Crippen LogP contribution in [0.2, 0.25) is 0 Å². The summed E-state index contributed by atoms with van der Waals surface area (Å²) in [6.07, 6.45) is 13.0. The second-order valence-electron chi connectivity index (χ2n) is 5.64. The number of hydrogen-bond donors (Lipinski definition) is 0. The van der Waals surface area contributed by atoms with E-state index in [2.05, 4.69) is 12.1 Å². The number of hydrogen-bond acceptors (Lipinski definition) is 5. The molecule has 0 amide bonds. The van der Waals surface area contributed by atoms with Crippen molar-refractivity contribution in [1.29, 1.82) is 0 Å². The standard InChI is InChI=1S/C15H25N3O2/c1-3-6-14(13-7-4-5-8-13)20-12-18-10-9-17(2)15(18)11-16-19/h9-11,13-14H,3-8,12H2,1-2H3/b15-11-. The lowest BCUT2D eigenvalue weighted by molar-refractivity contribution is -0.0307. The van der Waals surface area contributed by atoms with Crippen LogP contribution in [0.5, 0.6) is 0 Å². The van der Waals surface area contributed by atoms with E-state index in [-0.39, 0.29) is 0 Å². The molecule has 5 nitrogen and oxygen atoms in total. The van der Waals surface area contributed by atoms with Crippen molar-refractivity contribution in [3.63, 3.8) is 0 Å². The third-order valence-electron chi connectivity index (χ3n) is 4.22. The molecule has 5 heteroatoms. The lowest BCUT2D eigenvalue weighted by Gasteiger charge is -2.27. The Hall–Kier alpha value is -1.36. The van der Waals surface area contributed by atoms with Crippen LogP contribution in [0.1, 0.15) is 45.4 Å². The zero-order valence-electron chi connectivity index (χ0n) is 12.5. The van der Waals surface area contributed by atoms with E-state index in [1.54, 1.807) is 0 Å². The van der Waals surface area contributed by atoms with Crippen LogP contribution in [0.25, 0.3) is 0 Å². The maximum absolute atomic E-state index is 10.5. The van der Waals surface area contributed by atoms with Crippen LogP contribution < -0.4 is 0 Å². The summed E-state index contributed by atoms with van der Waals surface area (Å²) in [6, 6.07) is 0. The van der Waals surface area contributed by atoms with Crippen molar-refractivity contribution in [3.8, 4) is 0 Å². The molecule has 0 aromatic rings. The van der Waals surface area contributed by atoms with E-state index in [9.17, 15) is 4.91 Å². The highest BCUT2D eigenvalue weighted by Crippen LogP contribution is 2.31. The molecular formula is C15H25N3O2. The molecule has 112 valence electrons. The first-order valence-corrected chi connectivity index (χ1v) is 7.58. The van der Waals surface area contributed by atoms with E-state index in [0.29, 0.717) is 18.8 Å². The average molecular weight is 279 g/mol. The molecular weight excluding hydrogens is 254 g/mol. The van der Waals surface area contributed by atoms with Crippen LogP contribution in [0, 0.1) is 10.8 Å². The summed E-state index contributed by atoms with van der Waals surface area (Å²) in [7, 11) is 1.90. The number of ether oxygens (including phenoxy) is 1. The van der Waals surface area contributed by atoms with Gasteiger partial charge in [0, 0.05) is 19.4 Å². The van der Waals surface area contributed by atoms with Crippen LogP contribution in [0.3, 0.4) is 0 Å².